The van der Waals surface area contributed by atoms with Crippen LogP contribution in [0.5, 0.6) is 17.6 Å². The van der Waals surface area contributed by atoms with Gasteiger partial charge in [0.15, 0.2) is 0 Å². The van der Waals surface area contributed by atoms with Gasteiger partial charge in [-0.2, -0.15) is 9.97 Å². The van der Waals surface area contributed by atoms with Gasteiger partial charge >= 0.3 is 6.01 Å². The summed E-state index contributed by atoms with van der Waals surface area (Å²) in [6.45, 7) is 0. The topological polar surface area (TPSA) is 71.4 Å². The molecule has 2 aromatic carbocycles. The average Bonchev–Trinajstić information content (AvgIpc) is 3.05. The van der Waals surface area contributed by atoms with Crippen LogP contribution >= 0.6 is 0 Å². The second kappa shape index (κ2) is 6.49. The van der Waals surface area contributed by atoms with E-state index in [1.807, 2.05) is 18.2 Å². The molecule has 0 radical (unpaired) electrons. The first-order valence-electron chi connectivity index (χ1n) is 9.08. The number of aromatic hydroxyl groups is 1. The molecule has 0 aliphatic carbocycles. The van der Waals surface area contributed by atoms with Crippen molar-refractivity contribution in [3.8, 4) is 17.6 Å². The fraction of sp³-hybridized carbons (Fsp3) is 0.136. The highest BCUT2D eigenvalue weighted by Crippen LogP contribution is 2.41. The number of hydrogen-bond donors (Lipinski definition) is 1. The Morgan fingerprint density at radius 3 is 2.79 bits per heavy atom. The molecule has 5 rings (SSSR count). The van der Waals surface area contributed by atoms with Gasteiger partial charge in [0.1, 0.15) is 5.75 Å². The highest BCUT2D eigenvalue weighted by molar-refractivity contribution is 5.82. The predicted molar refractivity (Wildman–Crippen MR) is 107 cm³/mol. The number of rotatable bonds is 3. The maximum Gasteiger partial charge on any atom is 0.325 e. The number of likely N-dealkylation sites (N-methyl/N-ethyl adjacent to an activating group) is 1. The number of anilines is 1. The molecular weight excluding hydrogens is 352 g/mol. The molecule has 1 N–H and O–H groups in total. The zero-order valence-electron chi connectivity index (χ0n) is 15.3. The van der Waals surface area contributed by atoms with E-state index in [2.05, 4.69) is 57.2 Å². The lowest BCUT2D eigenvalue weighted by Crippen LogP contribution is -2.19. The molecule has 6 heteroatoms. The third kappa shape index (κ3) is 2.79. The van der Waals surface area contributed by atoms with Crippen molar-refractivity contribution >= 4 is 16.6 Å². The molecule has 0 fully saturated rings. The van der Waals surface area contributed by atoms with Gasteiger partial charge < -0.3 is 14.7 Å². The van der Waals surface area contributed by atoms with Crippen molar-refractivity contribution in [1.29, 1.82) is 0 Å². The number of aromatic nitrogens is 3. The quantitative estimate of drug-likeness (QED) is 0.581. The molecule has 28 heavy (non-hydrogen) atoms. The van der Waals surface area contributed by atoms with E-state index in [-0.39, 0.29) is 11.9 Å². The monoisotopic (exact) mass is 370 g/mol. The minimum absolute atomic E-state index is 0.101. The van der Waals surface area contributed by atoms with Crippen LogP contribution in [0.1, 0.15) is 17.2 Å². The second-order valence-electron chi connectivity index (χ2n) is 6.86. The molecule has 6 nitrogen and oxygen atoms in total. The Kier molecular flexibility index (Phi) is 3.83. The largest absolute Gasteiger partial charge is 0.493 e. The molecule has 1 atom stereocenters. The molecular formula is C22H18N4O2. The van der Waals surface area contributed by atoms with E-state index in [4.69, 9.17) is 4.74 Å². The number of pyridine rings is 1. The van der Waals surface area contributed by atoms with Crippen LogP contribution in [0.3, 0.4) is 0 Å². The summed E-state index contributed by atoms with van der Waals surface area (Å²) >= 11 is 0. The molecule has 1 aliphatic rings. The highest BCUT2D eigenvalue weighted by atomic mass is 16.5. The Bertz CT molecular complexity index is 1160. The Balaban J connectivity index is 1.44. The van der Waals surface area contributed by atoms with Gasteiger partial charge in [0.25, 0.3) is 0 Å². The summed E-state index contributed by atoms with van der Waals surface area (Å²) in [5.74, 6) is 0.524. The van der Waals surface area contributed by atoms with E-state index in [0.717, 1.165) is 6.42 Å². The average molecular weight is 370 g/mol. The number of fused-ring (bicyclic) bond motifs is 2. The molecule has 4 aromatic rings. The van der Waals surface area contributed by atoms with E-state index < -0.39 is 0 Å². The third-order valence-corrected chi connectivity index (χ3v) is 5.16. The van der Waals surface area contributed by atoms with Crippen molar-refractivity contribution in [3.05, 3.63) is 78.1 Å². The van der Waals surface area contributed by atoms with Gasteiger partial charge in [0.05, 0.1) is 23.1 Å². The highest BCUT2D eigenvalue weighted by Gasteiger charge is 2.28. The summed E-state index contributed by atoms with van der Waals surface area (Å²) in [5.41, 5.74) is 4.22. The predicted octanol–water partition coefficient (Wildman–Crippen LogP) is 4.26. The number of nitrogens with zero attached hydrogens (tertiary/aromatic N) is 4. The van der Waals surface area contributed by atoms with Crippen LogP contribution in [0.25, 0.3) is 10.9 Å². The summed E-state index contributed by atoms with van der Waals surface area (Å²) in [4.78, 5) is 14.7. The van der Waals surface area contributed by atoms with Gasteiger partial charge in [-0.3, -0.25) is 4.98 Å². The van der Waals surface area contributed by atoms with E-state index in [1.54, 1.807) is 18.5 Å². The number of benzene rings is 2. The molecule has 3 heterocycles. The summed E-state index contributed by atoms with van der Waals surface area (Å²) in [6.07, 6.45) is 4.07. The first kappa shape index (κ1) is 16.5. The van der Waals surface area contributed by atoms with Gasteiger partial charge in [0, 0.05) is 18.9 Å². The first-order valence-corrected chi connectivity index (χ1v) is 9.08. The van der Waals surface area contributed by atoms with Crippen molar-refractivity contribution < 1.29 is 9.84 Å². The Labute approximate surface area is 162 Å². The van der Waals surface area contributed by atoms with Crippen LogP contribution in [0.2, 0.25) is 0 Å². The van der Waals surface area contributed by atoms with Gasteiger partial charge in [-0.05, 0) is 41.8 Å². The molecule has 1 aliphatic heterocycles. The maximum atomic E-state index is 10.1. The lowest BCUT2D eigenvalue weighted by Gasteiger charge is -2.23. The fourth-order valence-corrected chi connectivity index (χ4v) is 3.76. The number of ether oxygens (including phenoxy) is 1. The van der Waals surface area contributed by atoms with Gasteiger partial charge in [-0.15, -0.1) is 0 Å². The lowest BCUT2D eigenvalue weighted by atomic mass is 10.0. The summed E-state index contributed by atoms with van der Waals surface area (Å²) in [7, 11) is 2.11. The number of hydrogen-bond acceptors (Lipinski definition) is 6. The van der Waals surface area contributed by atoms with Crippen LogP contribution in [0.15, 0.2) is 67.0 Å². The van der Waals surface area contributed by atoms with E-state index >= 15 is 0 Å². The molecule has 1 unspecified atom stereocenters. The van der Waals surface area contributed by atoms with E-state index in [1.165, 1.54) is 16.8 Å². The fourth-order valence-electron chi connectivity index (χ4n) is 3.76. The van der Waals surface area contributed by atoms with Crippen molar-refractivity contribution in [2.45, 2.75) is 12.5 Å². The smallest absolute Gasteiger partial charge is 0.325 e. The Morgan fingerprint density at radius 2 is 1.93 bits per heavy atom. The van der Waals surface area contributed by atoms with Crippen LogP contribution in [0.4, 0.5) is 5.69 Å². The molecule has 138 valence electrons. The van der Waals surface area contributed by atoms with Crippen molar-refractivity contribution in [1.82, 2.24) is 15.0 Å². The van der Waals surface area contributed by atoms with Crippen LogP contribution in [-0.2, 0) is 6.42 Å². The van der Waals surface area contributed by atoms with Gasteiger partial charge in [-0.1, -0.05) is 30.3 Å². The standard InChI is InChI=1S/C22H18N4O2/c1-26-19-8-7-16(11-15(19)12-20(26)14-5-3-2-4-6-14)28-22-24-18-13-23-10-9-17(18)21(27)25-22/h2-11,13,20H,12H2,1H3,(H,24,25,27). The SMILES string of the molecule is CN1c2ccc(Oc3nc(O)c4ccncc4n3)cc2CC1c1ccccc1. The summed E-state index contributed by atoms with van der Waals surface area (Å²) in [5, 5.41) is 10.7. The molecule has 0 saturated carbocycles. The Morgan fingerprint density at radius 1 is 1.07 bits per heavy atom. The first-order chi connectivity index (χ1) is 13.7. The van der Waals surface area contributed by atoms with Crippen molar-refractivity contribution in [3.63, 3.8) is 0 Å². The van der Waals surface area contributed by atoms with Crippen LogP contribution < -0.4 is 9.64 Å². The van der Waals surface area contributed by atoms with Crippen LogP contribution in [0, 0.1) is 0 Å². The zero-order valence-corrected chi connectivity index (χ0v) is 15.3. The van der Waals surface area contributed by atoms with Gasteiger partial charge in [0.2, 0.25) is 5.88 Å². The van der Waals surface area contributed by atoms with Crippen LogP contribution in [-0.4, -0.2) is 27.1 Å². The zero-order chi connectivity index (χ0) is 19.1. The molecule has 2 aromatic heterocycles. The normalized spacial score (nSPS) is 15.6. The minimum Gasteiger partial charge on any atom is -0.493 e. The molecule has 0 bridgehead atoms. The molecule has 0 amide bonds. The summed E-state index contributed by atoms with van der Waals surface area (Å²) in [6, 6.07) is 18.5. The summed E-state index contributed by atoms with van der Waals surface area (Å²) < 4.78 is 5.84. The molecule has 0 saturated heterocycles. The lowest BCUT2D eigenvalue weighted by molar-refractivity contribution is 0.412. The maximum absolute atomic E-state index is 10.1. The van der Waals surface area contributed by atoms with E-state index in [9.17, 15) is 5.11 Å². The molecule has 0 spiro atoms. The van der Waals surface area contributed by atoms with Crippen molar-refractivity contribution in [2.75, 3.05) is 11.9 Å². The van der Waals surface area contributed by atoms with Crippen molar-refractivity contribution in [2.24, 2.45) is 0 Å². The van der Waals surface area contributed by atoms with Gasteiger partial charge in [-0.25, -0.2) is 0 Å². The minimum atomic E-state index is -0.118. The Hall–Kier alpha value is -3.67. The van der Waals surface area contributed by atoms with E-state index in [0.29, 0.717) is 22.7 Å². The third-order valence-electron chi connectivity index (χ3n) is 5.16. The second-order valence-corrected chi connectivity index (χ2v) is 6.86.